The van der Waals surface area contributed by atoms with E-state index in [9.17, 15) is 4.79 Å². The van der Waals surface area contributed by atoms with Gasteiger partial charge in [-0.15, -0.1) is 11.8 Å². The third-order valence-corrected chi connectivity index (χ3v) is 2.85. The SMILES string of the molecule is CC(=O)NCc1ccc(SC(C)C)cc1. The van der Waals surface area contributed by atoms with Crippen LogP contribution in [0.4, 0.5) is 0 Å². The van der Waals surface area contributed by atoms with Crippen LogP contribution >= 0.6 is 11.8 Å². The van der Waals surface area contributed by atoms with Crippen molar-refractivity contribution in [1.29, 1.82) is 0 Å². The van der Waals surface area contributed by atoms with Crippen molar-refractivity contribution in [2.75, 3.05) is 0 Å². The largest absolute Gasteiger partial charge is 0.352 e. The zero-order valence-electron chi connectivity index (χ0n) is 9.41. The third kappa shape index (κ3) is 4.88. The highest BCUT2D eigenvalue weighted by Gasteiger charge is 1.99. The molecule has 1 aromatic carbocycles. The zero-order chi connectivity index (χ0) is 11.3. The number of rotatable bonds is 4. The lowest BCUT2D eigenvalue weighted by Crippen LogP contribution is -2.18. The molecule has 15 heavy (non-hydrogen) atoms. The summed E-state index contributed by atoms with van der Waals surface area (Å²) in [5, 5.41) is 3.38. The summed E-state index contributed by atoms with van der Waals surface area (Å²) >= 11 is 1.84. The fraction of sp³-hybridized carbons (Fsp3) is 0.417. The molecule has 0 fully saturated rings. The van der Waals surface area contributed by atoms with Crippen LogP contribution in [0.2, 0.25) is 0 Å². The number of hydrogen-bond acceptors (Lipinski definition) is 2. The highest BCUT2D eigenvalue weighted by Crippen LogP contribution is 2.22. The molecule has 3 heteroatoms. The molecule has 0 heterocycles. The summed E-state index contributed by atoms with van der Waals surface area (Å²) in [6.07, 6.45) is 0. The number of nitrogens with one attached hydrogen (secondary N) is 1. The monoisotopic (exact) mass is 223 g/mol. The van der Waals surface area contributed by atoms with E-state index in [1.807, 2.05) is 11.8 Å². The Labute approximate surface area is 95.5 Å². The molecule has 0 aliphatic carbocycles. The zero-order valence-corrected chi connectivity index (χ0v) is 10.2. The predicted octanol–water partition coefficient (Wildman–Crippen LogP) is 2.82. The summed E-state index contributed by atoms with van der Waals surface area (Å²) in [7, 11) is 0. The molecule has 0 spiro atoms. The minimum Gasteiger partial charge on any atom is -0.352 e. The van der Waals surface area contributed by atoms with Gasteiger partial charge in [0.2, 0.25) is 5.91 Å². The number of amides is 1. The normalized spacial score (nSPS) is 10.4. The predicted molar refractivity (Wildman–Crippen MR) is 65.0 cm³/mol. The maximum Gasteiger partial charge on any atom is 0.217 e. The van der Waals surface area contributed by atoms with Gasteiger partial charge in [0.1, 0.15) is 0 Å². The van der Waals surface area contributed by atoms with Crippen LogP contribution in [0.3, 0.4) is 0 Å². The number of thioether (sulfide) groups is 1. The Balaban J connectivity index is 2.52. The molecule has 1 N–H and O–H groups in total. The topological polar surface area (TPSA) is 29.1 Å². The van der Waals surface area contributed by atoms with Gasteiger partial charge in [-0.1, -0.05) is 26.0 Å². The highest BCUT2D eigenvalue weighted by molar-refractivity contribution is 7.99. The Morgan fingerprint density at radius 2 is 1.93 bits per heavy atom. The number of hydrogen-bond donors (Lipinski definition) is 1. The van der Waals surface area contributed by atoms with E-state index in [1.54, 1.807) is 0 Å². The summed E-state index contributed by atoms with van der Waals surface area (Å²) in [5.41, 5.74) is 1.14. The van der Waals surface area contributed by atoms with Crippen LogP contribution in [0.5, 0.6) is 0 Å². The molecule has 82 valence electrons. The second-order valence-electron chi connectivity index (χ2n) is 3.72. The molecule has 0 aliphatic heterocycles. The van der Waals surface area contributed by atoms with E-state index < -0.39 is 0 Å². The molecular formula is C12H17NOS. The first-order valence-electron chi connectivity index (χ1n) is 5.08. The summed E-state index contributed by atoms with van der Waals surface area (Å²) < 4.78 is 0. The van der Waals surface area contributed by atoms with Gasteiger partial charge in [0.15, 0.2) is 0 Å². The fourth-order valence-corrected chi connectivity index (χ4v) is 2.02. The number of carbonyl (C=O) groups excluding carboxylic acids is 1. The van der Waals surface area contributed by atoms with Gasteiger partial charge in [-0.3, -0.25) is 4.79 Å². The van der Waals surface area contributed by atoms with E-state index in [0.29, 0.717) is 11.8 Å². The van der Waals surface area contributed by atoms with Crippen molar-refractivity contribution in [2.45, 2.75) is 37.5 Å². The lowest BCUT2D eigenvalue weighted by molar-refractivity contribution is -0.119. The molecule has 0 radical (unpaired) electrons. The van der Waals surface area contributed by atoms with E-state index >= 15 is 0 Å². The number of carbonyl (C=O) groups is 1. The molecule has 0 atom stereocenters. The Morgan fingerprint density at radius 3 is 2.40 bits per heavy atom. The molecule has 1 aromatic rings. The molecule has 2 nitrogen and oxygen atoms in total. The van der Waals surface area contributed by atoms with Crippen molar-refractivity contribution < 1.29 is 4.79 Å². The maximum absolute atomic E-state index is 10.7. The second kappa shape index (κ2) is 5.81. The van der Waals surface area contributed by atoms with Crippen molar-refractivity contribution in [3.8, 4) is 0 Å². The average Bonchev–Trinajstić information content (AvgIpc) is 2.16. The van der Waals surface area contributed by atoms with Gasteiger partial charge in [0, 0.05) is 23.6 Å². The molecule has 0 saturated carbocycles. The van der Waals surface area contributed by atoms with Crippen LogP contribution in [0.25, 0.3) is 0 Å². The lowest BCUT2D eigenvalue weighted by atomic mass is 10.2. The molecule has 1 amide bonds. The van der Waals surface area contributed by atoms with E-state index in [4.69, 9.17) is 0 Å². The Bertz CT molecular complexity index is 319. The molecule has 0 aliphatic rings. The van der Waals surface area contributed by atoms with Gasteiger partial charge in [-0.2, -0.15) is 0 Å². The molecule has 0 unspecified atom stereocenters. The van der Waals surface area contributed by atoms with Gasteiger partial charge >= 0.3 is 0 Å². The van der Waals surface area contributed by atoms with Crippen molar-refractivity contribution in [3.05, 3.63) is 29.8 Å². The van der Waals surface area contributed by atoms with Crippen LogP contribution in [0, 0.1) is 0 Å². The summed E-state index contributed by atoms with van der Waals surface area (Å²) in [6.45, 7) is 6.50. The van der Waals surface area contributed by atoms with Gasteiger partial charge in [0.05, 0.1) is 0 Å². The highest BCUT2D eigenvalue weighted by atomic mass is 32.2. The van der Waals surface area contributed by atoms with Crippen molar-refractivity contribution in [3.63, 3.8) is 0 Å². The first-order chi connectivity index (χ1) is 7.08. The Hall–Kier alpha value is -0.960. The molecule has 0 bridgehead atoms. The van der Waals surface area contributed by atoms with Crippen LogP contribution in [0.1, 0.15) is 26.3 Å². The van der Waals surface area contributed by atoms with Crippen LogP contribution < -0.4 is 5.32 Å². The third-order valence-electron chi connectivity index (χ3n) is 1.84. The van der Waals surface area contributed by atoms with Crippen molar-refractivity contribution in [2.24, 2.45) is 0 Å². The van der Waals surface area contributed by atoms with Crippen molar-refractivity contribution in [1.82, 2.24) is 5.32 Å². The fourth-order valence-electron chi connectivity index (χ4n) is 1.18. The number of benzene rings is 1. The van der Waals surface area contributed by atoms with E-state index in [2.05, 4.69) is 43.4 Å². The summed E-state index contributed by atoms with van der Waals surface area (Å²) in [4.78, 5) is 12.0. The van der Waals surface area contributed by atoms with Crippen LogP contribution in [-0.4, -0.2) is 11.2 Å². The Kier molecular flexibility index (Phi) is 4.69. The average molecular weight is 223 g/mol. The second-order valence-corrected chi connectivity index (χ2v) is 5.37. The van der Waals surface area contributed by atoms with Gasteiger partial charge in [-0.05, 0) is 17.7 Å². The summed E-state index contributed by atoms with van der Waals surface area (Å²) in [5.74, 6) is 0.00984. The minimum atomic E-state index is 0.00984. The molecule has 0 saturated heterocycles. The standard InChI is InChI=1S/C12H17NOS/c1-9(2)15-12-6-4-11(5-7-12)8-13-10(3)14/h4-7,9H,8H2,1-3H3,(H,13,14). The van der Waals surface area contributed by atoms with E-state index in [-0.39, 0.29) is 5.91 Å². The van der Waals surface area contributed by atoms with Gasteiger partial charge < -0.3 is 5.32 Å². The van der Waals surface area contributed by atoms with E-state index in [1.165, 1.54) is 11.8 Å². The van der Waals surface area contributed by atoms with E-state index in [0.717, 1.165) is 5.56 Å². The van der Waals surface area contributed by atoms with Crippen LogP contribution in [-0.2, 0) is 11.3 Å². The molecular weight excluding hydrogens is 206 g/mol. The first-order valence-corrected chi connectivity index (χ1v) is 5.96. The van der Waals surface area contributed by atoms with Gasteiger partial charge in [-0.25, -0.2) is 0 Å². The smallest absolute Gasteiger partial charge is 0.217 e. The minimum absolute atomic E-state index is 0.00984. The first kappa shape index (κ1) is 12.1. The Morgan fingerprint density at radius 1 is 1.33 bits per heavy atom. The quantitative estimate of drug-likeness (QED) is 0.795. The van der Waals surface area contributed by atoms with Gasteiger partial charge in [0.25, 0.3) is 0 Å². The lowest BCUT2D eigenvalue weighted by Gasteiger charge is -2.06. The van der Waals surface area contributed by atoms with Crippen molar-refractivity contribution >= 4 is 17.7 Å². The maximum atomic E-state index is 10.7. The van der Waals surface area contributed by atoms with Crippen LogP contribution in [0.15, 0.2) is 29.2 Å². The summed E-state index contributed by atoms with van der Waals surface area (Å²) in [6, 6.07) is 8.31. The molecule has 0 aromatic heterocycles. The molecule has 1 rings (SSSR count).